The third-order valence-electron chi connectivity index (χ3n) is 5.89. The molecule has 0 spiro atoms. The number of carbonyl (C=O) groups excluding carboxylic acids is 2. The summed E-state index contributed by atoms with van der Waals surface area (Å²) >= 11 is 18.1. The zero-order valence-electron chi connectivity index (χ0n) is 18.9. The van der Waals surface area contributed by atoms with Gasteiger partial charge in [-0.15, -0.1) is 23.2 Å². The molecule has 2 amide bonds. The molecule has 1 saturated carbocycles. The molecule has 1 aliphatic carbocycles. The Morgan fingerprint density at radius 2 is 1.54 bits per heavy atom. The molecule has 2 atom stereocenters. The van der Waals surface area contributed by atoms with Gasteiger partial charge in [-0.3, -0.25) is 9.59 Å². The van der Waals surface area contributed by atoms with E-state index < -0.39 is 85.0 Å². The van der Waals surface area contributed by atoms with E-state index in [4.69, 9.17) is 40.5 Å². The topological polar surface area (TPSA) is 84.2 Å². The fraction of sp³-hybridized carbons (Fsp3) is 0.167. The van der Waals surface area contributed by atoms with Crippen LogP contribution < -0.4 is 16.4 Å². The minimum atomic E-state index is -5.02. The van der Waals surface area contributed by atoms with E-state index in [0.29, 0.717) is 18.2 Å². The second kappa shape index (κ2) is 10.1. The molecule has 5 nitrogen and oxygen atoms in total. The van der Waals surface area contributed by atoms with Crippen LogP contribution >= 0.6 is 34.8 Å². The Kier molecular flexibility index (Phi) is 7.43. The van der Waals surface area contributed by atoms with Gasteiger partial charge in [-0.25, -0.2) is 17.6 Å². The highest BCUT2D eigenvalue weighted by Gasteiger charge is 2.67. The first-order valence-corrected chi connectivity index (χ1v) is 11.8. The zero-order chi connectivity index (χ0) is 29.0. The Hall–Kier alpha value is -3.22. The molecule has 0 aromatic heterocycles. The summed E-state index contributed by atoms with van der Waals surface area (Å²) in [5.41, 5.74) is 1.17. The third kappa shape index (κ3) is 5.45. The molecule has 4 rings (SSSR count). The molecule has 39 heavy (non-hydrogen) atoms. The van der Waals surface area contributed by atoms with E-state index in [2.05, 4.69) is 5.32 Å². The highest BCUT2D eigenvalue weighted by atomic mass is 35.5. The van der Waals surface area contributed by atoms with Gasteiger partial charge < -0.3 is 16.4 Å². The monoisotopic (exact) mass is 613 g/mol. The first kappa shape index (κ1) is 28.8. The van der Waals surface area contributed by atoms with E-state index in [0.717, 1.165) is 24.3 Å². The van der Waals surface area contributed by atoms with Crippen molar-refractivity contribution in [1.29, 1.82) is 0 Å². The van der Waals surface area contributed by atoms with Crippen LogP contribution in [0, 0.1) is 29.2 Å². The molecule has 1 unspecified atom stereocenters. The van der Waals surface area contributed by atoms with Crippen molar-refractivity contribution in [3.63, 3.8) is 0 Å². The van der Waals surface area contributed by atoms with Gasteiger partial charge in [-0.1, -0.05) is 17.7 Å². The van der Waals surface area contributed by atoms with Crippen LogP contribution in [0.15, 0.2) is 42.5 Å². The van der Waals surface area contributed by atoms with Crippen LogP contribution in [0.3, 0.4) is 0 Å². The van der Waals surface area contributed by atoms with E-state index in [1.807, 2.05) is 5.32 Å². The summed E-state index contributed by atoms with van der Waals surface area (Å²) in [5, 5.41) is 3.35. The second-order valence-electron chi connectivity index (χ2n) is 8.46. The fourth-order valence-electron chi connectivity index (χ4n) is 3.93. The molecular formula is C24H13Cl3F7N3O2. The normalized spacial score (nSPS) is 18.0. The van der Waals surface area contributed by atoms with Crippen molar-refractivity contribution < 1.29 is 40.3 Å². The highest BCUT2D eigenvalue weighted by molar-refractivity contribution is 6.53. The van der Waals surface area contributed by atoms with Crippen LogP contribution in [0.5, 0.6) is 0 Å². The Labute approximate surface area is 230 Å². The summed E-state index contributed by atoms with van der Waals surface area (Å²) in [4.78, 5) is 25.5. The van der Waals surface area contributed by atoms with Crippen molar-refractivity contribution in [2.75, 3.05) is 16.4 Å². The van der Waals surface area contributed by atoms with Gasteiger partial charge >= 0.3 is 6.18 Å². The van der Waals surface area contributed by atoms with Crippen LogP contribution in [0.4, 0.5) is 47.8 Å². The summed E-state index contributed by atoms with van der Waals surface area (Å²) in [7, 11) is 0. The number of benzene rings is 3. The van der Waals surface area contributed by atoms with Gasteiger partial charge in [0.15, 0.2) is 5.82 Å². The molecule has 0 bridgehead atoms. The van der Waals surface area contributed by atoms with E-state index >= 15 is 0 Å². The first-order chi connectivity index (χ1) is 18.0. The lowest BCUT2D eigenvalue weighted by molar-refractivity contribution is -0.140. The van der Waals surface area contributed by atoms with Gasteiger partial charge in [0, 0.05) is 11.6 Å². The molecule has 4 N–H and O–H groups in total. The molecule has 3 aromatic carbocycles. The highest BCUT2D eigenvalue weighted by Crippen LogP contribution is 2.65. The number of alkyl halides is 5. The molecule has 3 aromatic rings. The maximum atomic E-state index is 14.5. The van der Waals surface area contributed by atoms with Crippen molar-refractivity contribution in [3.8, 4) is 0 Å². The number of halogens is 10. The lowest BCUT2D eigenvalue weighted by Crippen LogP contribution is -2.19. The SMILES string of the molecule is Nc1ccc(F)c(NC(=O)c2cc(NC(=O)C3[C@H](c4ccc(F)c(C(F)(F)F)c4)C3(Cl)Cl)cc(F)c2Cl)c1F. The quantitative estimate of drug-likeness (QED) is 0.161. The fourth-order valence-corrected chi connectivity index (χ4v) is 4.95. The number of hydrogen-bond donors (Lipinski definition) is 3. The van der Waals surface area contributed by atoms with E-state index in [1.165, 1.54) is 0 Å². The van der Waals surface area contributed by atoms with Gasteiger partial charge in [-0.2, -0.15) is 13.2 Å². The Bertz CT molecular complexity index is 1520. The lowest BCUT2D eigenvalue weighted by Gasteiger charge is -2.13. The van der Waals surface area contributed by atoms with Crippen molar-refractivity contribution in [3.05, 3.63) is 87.4 Å². The van der Waals surface area contributed by atoms with E-state index in [9.17, 15) is 40.3 Å². The molecule has 1 aliphatic rings. The minimum Gasteiger partial charge on any atom is -0.396 e. The molecular weight excluding hydrogens is 602 g/mol. The summed E-state index contributed by atoms with van der Waals surface area (Å²) < 4.78 is 93.8. The number of carbonyl (C=O) groups is 2. The summed E-state index contributed by atoms with van der Waals surface area (Å²) in [6, 6.07) is 5.30. The molecule has 0 saturated heterocycles. The zero-order valence-corrected chi connectivity index (χ0v) is 21.1. The van der Waals surface area contributed by atoms with Gasteiger partial charge in [0.25, 0.3) is 5.91 Å². The average Bonchev–Trinajstić information content (AvgIpc) is 3.42. The van der Waals surface area contributed by atoms with Crippen LogP contribution in [0.2, 0.25) is 5.02 Å². The van der Waals surface area contributed by atoms with Crippen LogP contribution in [-0.2, 0) is 11.0 Å². The lowest BCUT2D eigenvalue weighted by atomic mass is 10.0. The Balaban J connectivity index is 1.58. The summed E-state index contributed by atoms with van der Waals surface area (Å²) in [6.45, 7) is 0. The number of nitrogen functional groups attached to an aromatic ring is 1. The predicted molar refractivity (Wildman–Crippen MR) is 131 cm³/mol. The van der Waals surface area contributed by atoms with Crippen molar-refractivity contribution in [1.82, 2.24) is 0 Å². The maximum absolute atomic E-state index is 14.5. The molecule has 15 heteroatoms. The Morgan fingerprint density at radius 1 is 0.897 bits per heavy atom. The Morgan fingerprint density at radius 3 is 2.18 bits per heavy atom. The summed E-state index contributed by atoms with van der Waals surface area (Å²) in [5.74, 6) is -10.0. The number of nitrogens with two attached hydrogens (primary N) is 1. The van der Waals surface area contributed by atoms with Crippen LogP contribution in [0.25, 0.3) is 0 Å². The van der Waals surface area contributed by atoms with Gasteiger partial charge in [0.1, 0.15) is 27.5 Å². The molecule has 1 fully saturated rings. The number of anilines is 3. The third-order valence-corrected chi connectivity index (χ3v) is 7.22. The number of hydrogen-bond acceptors (Lipinski definition) is 3. The van der Waals surface area contributed by atoms with Gasteiger partial charge in [-0.05, 0) is 42.0 Å². The average molecular weight is 615 g/mol. The molecule has 206 valence electrons. The predicted octanol–water partition coefficient (Wildman–Crippen LogP) is 7.28. The van der Waals surface area contributed by atoms with E-state index in [-0.39, 0.29) is 11.3 Å². The van der Waals surface area contributed by atoms with Gasteiger partial charge in [0.05, 0.1) is 27.8 Å². The first-order valence-electron chi connectivity index (χ1n) is 10.6. The maximum Gasteiger partial charge on any atom is 0.419 e. The summed E-state index contributed by atoms with van der Waals surface area (Å²) in [6.07, 6.45) is -5.02. The molecule has 0 heterocycles. The molecule has 0 radical (unpaired) electrons. The number of rotatable bonds is 5. The van der Waals surface area contributed by atoms with Gasteiger partial charge in [0.2, 0.25) is 5.91 Å². The molecule has 0 aliphatic heterocycles. The number of amides is 2. The smallest absolute Gasteiger partial charge is 0.396 e. The minimum absolute atomic E-state index is 0.178. The second-order valence-corrected chi connectivity index (χ2v) is 10.3. The largest absolute Gasteiger partial charge is 0.419 e. The number of nitrogens with one attached hydrogen (secondary N) is 2. The van der Waals surface area contributed by atoms with Crippen LogP contribution in [-0.4, -0.2) is 16.1 Å². The van der Waals surface area contributed by atoms with Crippen molar-refractivity contribution >= 4 is 63.7 Å². The van der Waals surface area contributed by atoms with E-state index in [1.54, 1.807) is 0 Å². The van der Waals surface area contributed by atoms with Crippen LogP contribution in [0.1, 0.15) is 27.4 Å². The van der Waals surface area contributed by atoms with Crippen molar-refractivity contribution in [2.45, 2.75) is 16.4 Å². The standard InChI is InChI=1S/C24H13Cl3F7N3O2/c25-18-10(21(38)37-20-13(29)3-4-15(35)19(20)31)6-9(7-14(18)30)36-22(39)17-16(23(17,26)27)8-1-2-12(28)11(5-8)24(32,33)34/h1-7,16-17H,35H2,(H,36,39)(H,37,38)/t16-,17?/m0/s1. The van der Waals surface area contributed by atoms with Crippen molar-refractivity contribution in [2.24, 2.45) is 5.92 Å².